The maximum absolute atomic E-state index is 11.7. The number of anilines is 1. The molecular formula is C19H16N6O4S. The molecule has 4 N–H and O–H groups in total. The predicted octanol–water partition coefficient (Wildman–Crippen LogP) is 2.29. The molecule has 1 aromatic carbocycles. The van der Waals surface area contributed by atoms with E-state index in [0.29, 0.717) is 33.3 Å². The van der Waals surface area contributed by atoms with Crippen LogP contribution in [0.2, 0.25) is 0 Å². The van der Waals surface area contributed by atoms with Crippen LogP contribution in [0.5, 0.6) is 11.5 Å². The van der Waals surface area contributed by atoms with E-state index in [1.54, 1.807) is 0 Å². The molecule has 3 heterocycles. The third kappa shape index (κ3) is 3.65. The van der Waals surface area contributed by atoms with Crippen molar-refractivity contribution in [2.75, 3.05) is 12.0 Å². The maximum Gasteiger partial charge on any atom is 0.325 e. The number of hydrogen-bond acceptors (Lipinski definition) is 9. The number of hydrazone groups is 1. The SMILES string of the molecule is CCOc1ccccc1-c1sc2c(NN=Cc3c[nH]c(=O)[nH]c3=O)ncnc2c1O. The van der Waals surface area contributed by atoms with Gasteiger partial charge in [0.1, 0.15) is 22.3 Å². The molecule has 152 valence electrons. The lowest BCUT2D eigenvalue weighted by molar-refractivity contribution is 0.341. The molecule has 0 saturated heterocycles. The zero-order valence-electron chi connectivity index (χ0n) is 15.7. The van der Waals surface area contributed by atoms with E-state index >= 15 is 0 Å². The first-order valence-corrected chi connectivity index (χ1v) is 9.70. The van der Waals surface area contributed by atoms with Crippen LogP contribution < -0.4 is 21.4 Å². The Bertz CT molecular complexity index is 1360. The first kappa shape index (κ1) is 19.3. The van der Waals surface area contributed by atoms with Crippen LogP contribution in [0.15, 0.2) is 51.5 Å². The minimum Gasteiger partial charge on any atom is -0.504 e. The zero-order valence-corrected chi connectivity index (χ0v) is 16.5. The Morgan fingerprint density at radius 1 is 1.30 bits per heavy atom. The molecule has 30 heavy (non-hydrogen) atoms. The van der Waals surface area contributed by atoms with Crippen molar-refractivity contribution in [1.82, 2.24) is 19.9 Å². The van der Waals surface area contributed by atoms with Gasteiger partial charge in [-0.1, -0.05) is 12.1 Å². The standard InChI is InChI=1S/C19H16N6O4S/c1-2-29-12-6-4-3-5-11(12)15-14(26)13-16(30-15)17(22-9-21-13)25-23-8-10-7-20-19(28)24-18(10)27/h3-9,26H,2H2,1H3,(H,21,22,25)(H2,20,24,27,28). The van der Waals surface area contributed by atoms with Crippen LogP contribution in [0.4, 0.5) is 5.82 Å². The number of H-pyrrole nitrogens is 2. The fourth-order valence-electron chi connectivity index (χ4n) is 2.77. The molecule has 3 aromatic heterocycles. The second kappa shape index (κ2) is 8.17. The van der Waals surface area contributed by atoms with Gasteiger partial charge in [0.05, 0.1) is 23.3 Å². The lowest BCUT2D eigenvalue weighted by atomic mass is 10.1. The maximum atomic E-state index is 11.7. The van der Waals surface area contributed by atoms with Crippen LogP contribution in [0.3, 0.4) is 0 Å². The molecule has 0 atom stereocenters. The van der Waals surface area contributed by atoms with E-state index in [4.69, 9.17) is 4.74 Å². The van der Waals surface area contributed by atoms with Gasteiger partial charge in [0.25, 0.3) is 5.56 Å². The number of nitrogens with zero attached hydrogens (tertiary/aromatic N) is 3. The number of nitrogens with one attached hydrogen (secondary N) is 3. The van der Waals surface area contributed by atoms with Crippen molar-refractivity contribution in [3.8, 4) is 21.9 Å². The minimum atomic E-state index is -0.600. The summed E-state index contributed by atoms with van der Waals surface area (Å²) in [6, 6.07) is 7.41. The first-order valence-electron chi connectivity index (χ1n) is 8.88. The average molecular weight is 424 g/mol. The molecule has 0 spiro atoms. The van der Waals surface area contributed by atoms with Crippen molar-refractivity contribution in [3.63, 3.8) is 0 Å². The quantitative estimate of drug-likeness (QED) is 0.274. The molecular weight excluding hydrogens is 408 g/mol. The van der Waals surface area contributed by atoms with E-state index in [1.165, 1.54) is 30.1 Å². The number of aromatic hydroxyl groups is 1. The van der Waals surface area contributed by atoms with E-state index in [0.717, 1.165) is 5.56 Å². The fourth-order valence-corrected chi connectivity index (χ4v) is 3.89. The van der Waals surface area contributed by atoms with E-state index in [2.05, 4.69) is 30.5 Å². The summed E-state index contributed by atoms with van der Waals surface area (Å²) in [6.07, 6.45) is 3.81. The van der Waals surface area contributed by atoms with E-state index in [9.17, 15) is 14.7 Å². The summed E-state index contributed by atoms with van der Waals surface area (Å²) in [5, 5.41) is 14.7. The number of thiophene rings is 1. The Hall–Kier alpha value is -3.99. The third-order valence-electron chi connectivity index (χ3n) is 4.10. The molecule has 0 aliphatic rings. The summed E-state index contributed by atoms with van der Waals surface area (Å²) >= 11 is 1.29. The van der Waals surface area contributed by atoms with Crippen molar-refractivity contribution >= 4 is 33.6 Å². The number of aromatic nitrogens is 4. The molecule has 4 rings (SSSR count). The summed E-state index contributed by atoms with van der Waals surface area (Å²) in [6.45, 7) is 2.38. The zero-order chi connectivity index (χ0) is 21.1. The molecule has 0 bridgehead atoms. The molecule has 0 aliphatic carbocycles. The fraction of sp³-hybridized carbons (Fsp3) is 0.105. The Kier molecular flexibility index (Phi) is 5.26. The van der Waals surface area contributed by atoms with Crippen LogP contribution in [0, 0.1) is 0 Å². The second-order valence-electron chi connectivity index (χ2n) is 6.01. The number of aromatic amines is 2. The molecule has 0 amide bonds. The molecule has 10 nitrogen and oxygen atoms in total. The molecule has 0 unspecified atom stereocenters. The number of benzene rings is 1. The molecule has 0 radical (unpaired) electrons. The monoisotopic (exact) mass is 424 g/mol. The predicted molar refractivity (Wildman–Crippen MR) is 115 cm³/mol. The highest BCUT2D eigenvalue weighted by Crippen LogP contribution is 2.47. The lowest BCUT2D eigenvalue weighted by Gasteiger charge is -2.08. The number of ether oxygens (including phenoxy) is 1. The van der Waals surface area contributed by atoms with Gasteiger partial charge in [-0.3, -0.25) is 15.2 Å². The van der Waals surface area contributed by atoms with Gasteiger partial charge in [-0.2, -0.15) is 5.10 Å². The first-order chi connectivity index (χ1) is 14.6. The molecule has 0 saturated carbocycles. The number of fused-ring (bicyclic) bond motifs is 1. The van der Waals surface area contributed by atoms with Crippen molar-refractivity contribution < 1.29 is 9.84 Å². The van der Waals surface area contributed by atoms with Gasteiger partial charge < -0.3 is 14.8 Å². The minimum absolute atomic E-state index is 0.0219. The van der Waals surface area contributed by atoms with E-state index in [1.807, 2.05) is 31.2 Å². The van der Waals surface area contributed by atoms with Gasteiger partial charge in [-0.25, -0.2) is 14.8 Å². The Labute approximate surface area is 172 Å². The highest BCUT2D eigenvalue weighted by Gasteiger charge is 2.19. The van der Waals surface area contributed by atoms with Crippen LogP contribution >= 0.6 is 11.3 Å². The van der Waals surface area contributed by atoms with Crippen LogP contribution in [-0.4, -0.2) is 37.9 Å². The van der Waals surface area contributed by atoms with Gasteiger partial charge >= 0.3 is 5.69 Å². The van der Waals surface area contributed by atoms with Crippen molar-refractivity contribution in [2.24, 2.45) is 5.10 Å². The number of para-hydroxylation sites is 1. The van der Waals surface area contributed by atoms with Crippen LogP contribution in [-0.2, 0) is 0 Å². The smallest absolute Gasteiger partial charge is 0.325 e. The van der Waals surface area contributed by atoms with Gasteiger partial charge in [-0.05, 0) is 19.1 Å². The largest absolute Gasteiger partial charge is 0.504 e. The summed E-state index contributed by atoms with van der Waals surface area (Å²) in [5.74, 6) is 1.03. The van der Waals surface area contributed by atoms with Gasteiger partial charge in [0.15, 0.2) is 11.6 Å². The van der Waals surface area contributed by atoms with Crippen molar-refractivity contribution in [2.45, 2.75) is 6.92 Å². The molecule has 11 heteroatoms. The average Bonchev–Trinajstić information content (AvgIpc) is 3.08. The van der Waals surface area contributed by atoms with Gasteiger partial charge in [-0.15, -0.1) is 11.3 Å². The summed E-state index contributed by atoms with van der Waals surface area (Å²) in [7, 11) is 0. The normalized spacial score (nSPS) is 11.2. The van der Waals surface area contributed by atoms with Gasteiger partial charge in [0.2, 0.25) is 0 Å². The molecule has 4 aromatic rings. The highest BCUT2D eigenvalue weighted by atomic mass is 32.1. The number of hydrogen-bond donors (Lipinski definition) is 4. The summed E-state index contributed by atoms with van der Waals surface area (Å²) < 4.78 is 6.26. The van der Waals surface area contributed by atoms with Gasteiger partial charge in [0, 0.05) is 11.8 Å². The summed E-state index contributed by atoms with van der Waals surface area (Å²) in [4.78, 5) is 36.2. The number of rotatable bonds is 6. The summed E-state index contributed by atoms with van der Waals surface area (Å²) in [5.41, 5.74) is 2.86. The van der Waals surface area contributed by atoms with E-state index in [-0.39, 0.29) is 11.3 Å². The van der Waals surface area contributed by atoms with Crippen molar-refractivity contribution in [1.29, 1.82) is 0 Å². The molecule has 0 aliphatic heterocycles. The third-order valence-corrected chi connectivity index (χ3v) is 5.31. The Morgan fingerprint density at radius 3 is 2.93 bits per heavy atom. The molecule has 0 fully saturated rings. The van der Waals surface area contributed by atoms with Crippen molar-refractivity contribution in [3.05, 3.63) is 63.2 Å². The highest BCUT2D eigenvalue weighted by molar-refractivity contribution is 7.23. The van der Waals surface area contributed by atoms with Crippen LogP contribution in [0.25, 0.3) is 20.7 Å². The Morgan fingerprint density at radius 2 is 2.13 bits per heavy atom. The Balaban J connectivity index is 1.71. The second-order valence-corrected chi connectivity index (χ2v) is 7.03. The van der Waals surface area contributed by atoms with E-state index < -0.39 is 11.2 Å². The lowest BCUT2D eigenvalue weighted by Crippen LogP contribution is -2.24. The topological polar surface area (TPSA) is 145 Å². The van der Waals surface area contributed by atoms with Crippen LogP contribution in [0.1, 0.15) is 12.5 Å².